The molecule has 1 saturated heterocycles. The summed E-state index contributed by atoms with van der Waals surface area (Å²) < 4.78 is 14.6. The number of likely N-dealkylation sites (tertiary alicyclic amines) is 1. The van der Waals surface area contributed by atoms with E-state index < -0.39 is 8.07 Å². The van der Waals surface area contributed by atoms with Crippen LogP contribution in [0.4, 0.5) is 4.79 Å². The van der Waals surface area contributed by atoms with E-state index in [1.807, 2.05) is 17.8 Å². The summed E-state index contributed by atoms with van der Waals surface area (Å²) in [6.45, 7) is 18.4. The van der Waals surface area contributed by atoms with Crippen LogP contribution in [0.5, 0.6) is 0 Å². The number of hydrogen-bond donors (Lipinski definition) is 1. The van der Waals surface area contributed by atoms with Crippen LogP contribution >= 0.6 is 0 Å². The zero-order valence-electron chi connectivity index (χ0n) is 24.0. The van der Waals surface area contributed by atoms with Crippen LogP contribution in [0, 0.1) is 11.8 Å². The van der Waals surface area contributed by atoms with Crippen molar-refractivity contribution in [1.29, 1.82) is 0 Å². The first-order valence-electron chi connectivity index (χ1n) is 14.4. The van der Waals surface area contributed by atoms with E-state index >= 15 is 0 Å². The molecule has 1 N–H and O–H groups in total. The highest BCUT2D eigenvalue weighted by Crippen LogP contribution is 2.37. The minimum Gasteiger partial charge on any atom is -0.376 e. The molecule has 2 heterocycles. The molecule has 3 rings (SSSR count). The maximum atomic E-state index is 13.2. The average molecular weight is 521 g/mol. The third-order valence-corrected chi connectivity index (χ3v) is 9.96. The smallest absolute Gasteiger partial charge is 0.317 e. The molecule has 2 fully saturated rings. The average Bonchev–Trinajstić information content (AvgIpc) is 3.28. The van der Waals surface area contributed by atoms with Crippen LogP contribution in [0.25, 0.3) is 0 Å². The van der Waals surface area contributed by atoms with Crippen molar-refractivity contribution in [3.63, 3.8) is 0 Å². The Hall–Kier alpha value is -1.38. The maximum Gasteiger partial charge on any atom is 0.317 e. The van der Waals surface area contributed by atoms with E-state index in [-0.39, 0.29) is 24.0 Å². The van der Waals surface area contributed by atoms with Gasteiger partial charge in [-0.3, -0.25) is 0 Å². The van der Waals surface area contributed by atoms with Crippen LogP contribution < -0.4 is 5.32 Å². The highest BCUT2D eigenvalue weighted by Gasteiger charge is 2.41. The number of carbonyl (C=O) groups excluding carboxylic acids is 1. The van der Waals surface area contributed by atoms with Gasteiger partial charge in [0.2, 0.25) is 0 Å². The van der Waals surface area contributed by atoms with E-state index in [1.165, 1.54) is 12.8 Å². The molecule has 1 aliphatic carbocycles. The molecule has 36 heavy (non-hydrogen) atoms. The van der Waals surface area contributed by atoms with Crippen LogP contribution in [-0.4, -0.2) is 66.7 Å². The van der Waals surface area contributed by atoms with Crippen LogP contribution in [0.1, 0.15) is 77.8 Å². The van der Waals surface area contributed by atoms with Gasteiger partial charge in [-0.25, -0.2) is 9.48 Å². The van der Waals surface area contributed by atoms with E-state index in [4.69, 9.17) is 9.47 Å². The van der Waals surface area contributed by atoms with Gasteiger partial charge in [0.1, 0.15) is 6.73 Å². The molecule has 0 bridgehead atoms. The first-order valence-corrected chi connectivity index (χ1v) is 18.1. The number of amides is 2. The van der Waals surface area contributed by atoms with Crippen LogP contribution in [-0.2, 0) is 16.2 Å². The lowest BCUT2D eigenvalue weighted by Crippen LogP contribution is -2.57. The Morgan fingerprint density at radius 3 is 2.53 bits per heavy atom. The second kappa shape index (κ2) is 13.4. The van der Waals surface area contributed by atoms with Gasteiger partial charge in [0, 0.05) is 45.1 Å². The molecule has 1 aromatic rings. The van der Waals surface area contributed by atoms with Crippen molar-refractivity contribution in [1.82, 2.24) is 20.0 Å². The molecule has 7 nitrogen and oxygen atoms in total. The Balaban J connectivity index is 1.72. The minimum absolute atomic E-state index is 0.0134. The number of carbonyl (C=O) groups is 1. The monoisotopic (exact) mass is 520 g/mol. The van der Waals surface area contributed by atoms with Crippen LogP contribution in [0.2, 0.25) is 25.7 Å². The summed E-state index contributed by atoms with van der Waals surface area (Å²) in [5.74, 6) is 1.74. The number of urea groups is 1. The van der Waals surface area contributed by atoms with Gasteiger partial charge in [-0.1, -0.05) is 33.5 Å². The van der Waals surface area contributed by atoms with Crippen molar-refractivity contribution >= 4 is 14.1 Å². The second-order valence-corrected chi connectivity index (χ2v) is 18.2. The minimum atomic E-state index is -1.13. The van der Waals surface area contributed by atoms with E-state index in [0.29, 0.717) is 26.0 Å². The number of nitrogens with one attached hydrogen (secondary N) is 1. The van der Waals surface area contributed by atoms with E-state index in [2.05, 4.69) is 61.8 Å². The number of aromatic nitrogens is 2. The summed E-state index contributed by atoms with van der Waals surface area (Å²) in [5.41, 5.74) is 1.15. The molecule has 3 atom stereocenters. The Bertz CT molecular complexity index is 801. The number of nitrogens with zero attached hydrogens (tertiary/aromatic N) is 3. The second-order valence-electron chi connectivity index (χ2n) is 12.6. The highest BCUT2D eigenvalue weighted by atomic mass is 28.3. The Labute approximate surface area is 220 Å². The summed E-state index contributed by atoms with van der Waals surface area (Å²) in [6.07, 6.45) is 8.90. The van der Waals surface area contributed by atoms with Gasteiger partial charge in [0.25, 0.3) is 0 Å². The summed E-state index contributed by atoms with van der Waals surface area (Å²) >= 11 is 0. The molecule has 1 aliphatic heterocycles. The first-order chi connectivity index (χ1) is 17.1. The van der Waals surface area contributed by atoms with Gasteiger partial charge in [0.15, 0.2) is 0 Å². The van der Waals surface area contributed by atoms with Gasteiger partial charge in [-0.05, 0) is 76.3 Å². The third-order valence-electron chi connectivity index (χ3n) is 8.26. The Morgan fingerprint density at radius 2 is 1.89 bits per heavy atom. The largest absolute Gasteiger partial charge is 0.376 e. The summed E-state index contributed by atoms with van der Waals surface area (Å²) in [5, 5.41) is 7.66. The molecule has 8 heteroatoms. The molecule has 3 unspecified atom stereocenters. The zero-order valence-corrected chi connectivity index (χ0v) is 25.0. The van der Waals surface area contributed by atoms with Crippen molar-refractivity contribution in [3.05, 3.63) is 18.0 Å². The summed E-state index contributed by atoms with van der Waals surface area (Å²) in [4.78, 5) is 15.3. The van der Waals surface area contributed by atoms with Crippen molar-refractivity contribution in [2.75, 3.05) is 19.8 Å². The molecule has 2 aliphatic rings. The molecule has 1 aromatic heterocycles. The fourth-order valence-corrected chi connectivity index (χ4v) is 6.62. The van der Waals surface area contributed by atoms with E-state index in [9.17, 15) is 4.79 Å². The molecular weight excluding hydrogens is 468 g/mol. The maximum absolute atomic E-state index is 13.2. The molecular formula is C28H52N4O3Si. The molecule has 0 aromatic carbocycles. The van der Waals surface area contributed by atoms with Gasteiger partial charge >= 0.3 is 6.03 Å². The lowest BCUT2D eigenvalue weighted by atomic mass is 9.80. The lowest BCUT2D eigenvalue weighted by molar-refractivity contribution is -0.0330. The standard InChI is InChI=1S/C28H52N4O3Si/c1-8-29-28(33)32-22(4)9-14-25(26-15-16-30-31(26)20-34-17-18-36(5,6)7)27(32)19-35-24-12-10-23(11-13-24)21(2)3/h15-16,21-25,27H,8-14,17-20H2,1-7H3,(H,29,33). The molecule has 1 saturated carbocycles. The number of hydrogen-bond acceptors (Lipinski definition) is 4. The zero-order chi connectivity index (χ0) is 26.3. The quantitative estimate of drug-likeness (QED) is 0.283. The molecule has 0 spiro atoms. The number of piperidine rings is 1. The Kier molecular flexibility index (Phi) is 10.9. The van der Waals surface area contributed by atoms with Gasteiger partial charge in [-0.2, -0.15) is 5.10 Å². The van der Waals surface area contributed by atoms with E-state index in [0.717, 1.165) is 55.9 Å². The highest BCUT2D eigenvalue weighted by molar-refractivity contribution is 6.76. The summed E-state index contributed by atoms with van der Waals surface area (Å²) in [6, 6.07) is 3.44. The molecule has 206 valence electrons. The summed E-state index contributed by atoms with van der Waals surface area (Å²) in [7, 11) is -1.13. The topological polar surface area (TPSA) is 68.6 Å². The first kappa shape index (κ1) is 29.2. The predicted octanol–water partition coefficient (Wildman–Crippen LogP) is 6.09. The SMILES string of the molecule is CCNC(=O)N1C(C)CCC(c2ccnn2COCC[Si](C)(C)C)C1COC1CCC(C(C)C)CC1. The number of ether oxygens (including phenoxy) is 2. The normalized spacial score (nSPS) is 27.4. The molecule has 2 amide bonds. The van der Waals surface area contributed by atoms with E-state index in [1.54, 1.807) is 0 Å². The van der Waals surface area contributed by atoms with Gasteiger partial charge < -0.3 is 19.7 Å². The predicted molar refractivity (Wildman–Crippen MR) is 149 cm³/mol. The lowest BCUT2D eigenvalue weighted by Gasteiger charge is -2.45. The fraction of sp³-hybridized carbons (Fsp3) is 0.857. The van der Waals surface area contributed by atoms with Gasteiger partial charge in [0.05, 0.1) is 18.8 Å². The van der Waals surface area contributed by atoms with Crippen molar-refractivity contribution in [3.8, 4) is 0 Å². The van der Waals surface area contributed by atoms with Crippen molar-refractivity contribution < 1.29 is 14.3 Å². The molecule has 0 radical (unpaired) electrons. The third kappa shape index (κ3) is 8.06. The van der Waals surface area contributed by atoms with Crippen LogP contribution in [0.3, 0.4) is 0 Å². The van der Waals surface area contributed by atoms with Crippen molar-refractivity contribution in [2.24, 2.45) is 11.8 Å². The Morgan fingerprint density at radius 1 is 1.17 bits per heavy atom. The van der Waals surface area contributed by atoms with Crippen molar-refractivity contribution in [2.45, 2.75) is 123 Å². The fourth-order valence-electron chi connectivity index (χ4n) is 5.86. The van der Waals surface area contributed by atoms with Crippen LogP contribution in [0.15, 0.2) is 12.3 Å². The van der Waals surface area contributed by atoms with Gasteiger partial charge in [-0.15, -0.1) is 0 Å². The number of rotatable bonds is 11.